The van der Waals surface area contributed by atoms with Gasteiger partial charge in [-0.05, 0) is 18.6 Å². The Balaban J connectivity index is 1.61. The number of rotatable bonds is 9. The van der Waals surface area contributed by atoms with E-state index in [1.807, 2.05) is 35.2 Å². The predicted molar refractivity (Wildman–Crippen MR) is 120 cm³/mol. The van der Waals surface area contributed by atoms with E-state index in [4.69, 9.17) is 4.74 Å². The van der Waals surface area contributed by atoms with Gasteiger partial charge in [-0.1, -0.05) is 42.5 Å². The highest BCUT2D eigenvalue weighted by molar-refractivity contribution is 5.80. The van der Waals surface area contributed by atoms with Crippen LogP contribution in [0.15, 0.2) is 54.6 Å². The molecule has 0 bridgehead atoms. The molecule has 0 spiro atoms. The van der Waals surface area contributed by atoms with E-state index in [0.717, 1.165) is 5.56 Å². The van der Waals surface area contributed by atoms with Crippen LogP contribution in [0, 0.1) is 10.1 Å². The van der Waals surface area contributed by atoms with Crippen LogP contribution < -0.4 is 4.90 Å². The second-order valence-corrected chi connectivity index (χ2v) is 7.55. The maximum absolute atomic E-state index is 13.0. The first-order valence-electron chi connectivity index (χ1n) is 10.7. The summed E-state index contributed by atoms with van der Waals surface area (Å²) in [5.41, 5.74) is 1.64. The average Bonchev–Trinajstić information content (AvgIpc) is 2.80. The summed E-state index contributed by atoms with van der Waals surface area (Å²) < 4.78 is 5.06. The van der Waals surface area contributed by atoms with Gasteiger partial charge < -0.3 is 14.5 Å². The van der Waals surface area contributed by atoms with Crippen molar-refractivity contribution in [3.63, 3.8) is 0 Å². The van der Waals surface area contributed by atoms with Gasteiger partial charge in [0.25, 0.3) is 5.69 Å². The van der Waals surface area contributed by atoms with Crippen LogP contribution in [0.5, 0.6) is 0 Å². The molecule has 0 saturated carbocycles. The molecule has 1 amide bonds. The number of nitro benzene ring substituents is 1. The molecule has 0 radical (unpaired) electrons. The summed E-state index contributed by atoms with van der Waals surface area (Å²) in [5, 5.41) is 11.3. The SMILES string of the molecule is CCOC(=O)CN(CC(=O)N1CCN(c2ccccc2[N+](=O)[O-])CC1)Cc1ccccc1. The molecule has 9 nitrogen and oxygen atoms in total. The lowest BCUT2D eigenvalue weighted by atomic mass is 10.2. The fourth-order valence-corrected chi connectivity index (χ4v) is 3.77. The number of para-hydroxylation sites is 2. The first-order valence-corrected chi connectivity index (χ1v) is 10.7. The number of hydrogen-bond acceptors (Lipinski definition) is 7. The lowest BCUT2D eigenvalue weighted by Gasteiger charge is -2.36. The van der Waals surface area contributed by atoms with Gasteiger partial charge in [-0.15, -0.1) is 0 Å². The minimum atomic E-state index is -0.385. The van der Waals surface area contributed by atoms with Crippen LogP contribution in [-0.2, 0) is 20.9 Å². The highest BCUT2D eigenvalue weighted by atomic mass is 16.6. The van der Waals surface area contributed by atoms with Gasteiger partial charge in [0.2, 0.25) is 5.91 Å². The Kier molecular flexibility index (Phi) is 8.15. The van der Waals surface area contributed by atoms with Crippen molar-refractivity contribution in [2.75, 3.05) is 50.8 Å². The number of ether oxygens (including phenoxy) is 1. The van der Waals surface area contributed by atoms with E-state index < -0.39 is 0 Å². The zero-order chi connectivity index (χ0) is 22.9. The molecule has 170 valence electrons. The second kappa shape index (κ2) is 11.2. The molecule has 0 aliphatic carbocycles. The average molecular weight is 441 g/mol. The molecule has 32 heavy (non-hydrogen) atoms. The smallest absolute Gasteiger partial charge is 0.320 e. The topological polar surface area (TPSA) is 96.2 Å². The fraction of sp³-hybridized carbons (Fsp3) is 0.391. The number of benzene rings is 2. The molecule has 1 heterocycles. The molecule has 3 rings (SSSR count). The summed E-state index contributed by atoms with van der Waals surface area (Å²) in [4.78, 5) is 41.4. The summed E-state index contributed by atoms with van der Waals surface area (Å²) in [7, 11) is 0. The zero-order valence-corrected chi connectivity index (χ0v) is 18.2. The van der Waals surface area contributed by atoms with Gasteiger partial charge in [-0.25, -0.2) is 0 Å². The predicted octanol–water partition coefficient (Wildman–Crippen LogP) is 2.31. The minimum Gasteiger partial charge on any atom is -0.465 e. The van der Waals surface area contributed by atoms with Crippen LogP contribution in [0.2, 0.25) is 0 Å². The number of hydrogen-bond donors (Lipinski definition) is 0. The maximum Gasteiger partial charge on any atom is 0.320 e. The van der Waals surface area contributed by atoms with E-state index in [2.05, 4.69) is 0 Å². The van der Waals surface area contributed by atoms with Crippen molar-refractivity contribution in [2.24, 2.45) is 0 Å². The molecule has 1 aliphatic heterocycles. The van der Waals surface area contributed by atoms with Crippen LogP contribution in [0.25, 0.3) is 0 Å². The van der Waals surface area contributed by atoms with Gasteiger partial charge >= 0.3 is 5.97 Å². The molecule has 1 fully saturated rings. The summed E-state index contributed by atoms with van der Waals surface area (Å²) >= 11 is 0. The Morgan fingerprint density at radius 1 is 1.00 bits per heavy atom. The molecular weight excluding hydrogens is 412 g/mol. The molecular formula is C23H28N4O5. The zero-order valence-electron chi connectivity index (χ0n) is 18.2. The number of esters is 1. The van der Waals surface area contributed by atoms with Gasteiger partial charge in [0.15, 0.2) is 0 Å². The lowest BCUT2D eigenvalue weighted by Crippen LogP contribution is -2.51. The Hall–Kier alpha value is -3.46. The van der Waals surface area contributed by atoms with E-state index in [-0.39, 0.29) is 35.6 Å². The summed E-state index contributed by atoms with van der Waals surface area (Å²) in [5.74, 6) is -0.440. The molecule has 0 N–H and O–H groups in total. The Bertz CT molecular complexity index is 929. The number of nitro groups is 1. The summed E-state index contributed by atoms with van der Waals surface area (Å²) in [6.07, 6.45) is 0. The molecule has 1 aliphatic rings. The van der Waals surface area contributed by atoms with Crippen LogP contribution in [-0.4, -0.2) is 72.5 Å². The van der Waals surface area contributed by atoms with E-state index in [1.54, 1.807) is 34.9 Å². The van der Waals surface area contributed by atoms with Crippen molar-refractivity contribution < 1.29 is 19.2 Å². The van der Waals surface area contributed by atoms with E-state index in [0.29, 0.717) is 45.0 Å². The first kappa shape index (κ1) is 23.2. The van der Waals surface area contributed by atoms with Crippen LogP contribution in [0.4, 0.5) is 11.4 Å². The quantitative estimate of drug-likeness (QED) is 0.335. The highest BCUT2D eigenvalue weighted by Crippen LogP contribution is 2.28. The van der Waals surface area contributed by atoms with E-state index in [1.165, 1.54) is 6.07 Å². The molecule has 0 atom stereocenters. The first-order chi connectivity index (χ1) is 15.5. The third-order valence-corrected chi connectivity index (χ3v) is 5.32. The normalized spacial score (nSPS) is 13.8. The molecule has 1 saturated heterocycles. The number of carbonyl (C=O) groups excluding carboxylic acids is 2. The molecule has 9 heteroatoms. The number of amides is 1. The number of anilines is 1. The third kappa shape index (κ3) is 6.27. The van der Waals surface area contributed by atoms with Crippen molar-refractivity contribution in [3.8, 4) is 0 Å². The van der Waals surface area contributed by atoms with Gasteiger partial charge in [0.05, 0.1) is 24.6 Å². The van der Waals surface area contributed by atoms with Gasteiger partial charge in [0.1, 0.15) is 5.69 Å². The molecule has 0 aromatic heterocycles. The number of carbonyl (C=O) groups is 2. The highest BCUT2D eigenvalue weighted by Gasteiger charge is 2.27. The van der Waals surface area contributed by atoms with Crippen LogP contribution in [0.1, 0.15) is 12.5 Å². The largest absolute Gasteiger partial charge is 0.465 e. The number of piperazine rings is 1. The molecule has 2 aromatic carbocycles. The number of nitrogens with zero attached hydrogens (tertiary/aromatic N) is 4. The molecule has 0 unspecified atom stereocenters. The van der Waals surface area contributed by atoms with Gasteiger partial charge in [-0.3, -0.25) is 24.6 Å². The van der Waals surface area contributed by atoms with Gasteiger partial charge in [0, 0.05) is 38.8 Å². The van der Waals surface area contributed by atoms with Crippen LogP contribution >= 0.6 is 0 Å². The maximum atomic E-state index is 13.0. The van der Waals surface area contributed by atoms with Crippen molar-refractivity contribution >= 4 is 23.3 Å². The Morgan fingerprint density at radius 3 is 2.31 bits per heavy atom. The Labute approximate surface area is 187 Å². The Morgan fingerprint density at radius 2 is 1.66 bits per heavy atom. The lowest BCUT2D eigenvalue weighted by molar-refractivity contribution is -0.384. The third-order valence-electron chi connectivity index (χ3n) is 5.32. The van der Waals surface area contributed by atoms with Crippen LogP contribution in [0.3, 0.4) is 0 Å². The van der Waals surface area contributed by atoms with E-state index >= 15 is 0 Å². The fourth-order valence-electron chi connectivity index (χ4n) is 3.77. The monoisotopic (exact) mass is 440 g/mol. The minimum absolute atomic E-state index is 0.0324. The summed E-state index contributed by atoms with van der Waals surface area (Å²) in [6, 6.07) is 16.3. The van der Waals surface area contributed by atoms with Gasteiger partial charge in [-0.2, -0.15) is 0 Å². The molecule has 2 aromatic rings. The standard InChI is InChI=1S/C23H28N4O5/c1-2-32-23(29)18-24(16-19-8-4-3-5-9-19)17-22(28)26-14-12-25(13-15-26)20-10-6-7-11-21(20)27(30)31/h3-11H,2,12-18H2,1H3. The van der Waals surface area contributed by atoms with Crippen molar-refractivity contribution in [1.29, 1.82) is 0 Å². The van der Waals surface area contributed by atoms with E-state index in [9.17, 15) is 19.7 Å². The van der Waals surface area contributed by atoms with Crippen molar-refractivity contribution in [1.82, 2.24) is 9.80 Å². The van der Waals surface area contributed by atoms with Crippen molar-refractivity contribution in [2.45, 2.75) is 13.5 Å². The summed E-state index contributed by atoms with van der Waals surface area (Å²) in [6.45, 7) is 4.57. The second-order valence-electron chi connectivity index (χ2n) is 7.55. The van der Waals surface area contributed by atoms with Crippen molar-refractivity contribution in [3.05, 3.63) is 70.3 Å².